The molecule has 2 aromatic heterocycles. The van der Waals surface area contributed by atoms with Crippen molar-refractivity contribution in [2.24, 2.45) is 0 Å². The third-order valence-electron chi connectivity index (χ3n) is 3.75. The minimum Gasteiger partial charge on any atom is -0.350 e. The van der Waals surface area contributed by atoms with Gasteiger partial charge in [-0.05, 0) is 24.1 Å². The highest BCUT2D eigenvalue weighted by Gasteiger charge is 2.33. The van der Waals surface area contributed by atoms with E-state index in [-0.39, 0.29) is 12.0 Å². The lowest BCUT2D eigenvalue weighted by Gasteiger charge is -2.17. The summed E-state index contributed by atoms with van der Waals surface area (Å²) in [5, 5.41) is 3.42. The van der Waals surface area contributed by atoms with Gasteiger partial charge in [-0.25, -0.2) is 15.0 Å². The monoisotopic (exact) mass is 357 g/mol. The molecule has 1 fully saturated rings. The number of aromatic nitrogens is 3. The number of hydrogen-bond donors (Lipinski definition) is 1. The number of nitrogens with zero attached hydrogens (tertiary/aromatic N) is 4. The van der Waals surface area contributed by atoms with Gasteiger partial charge in [-0.1, -0.05) is 17.7 Å². The van der Waals surface area contributed by atoms with E-state index in [0.717, 1.165) is 30.8 Å². The van der Waals surface area contributed by atoms with Crippen molar-refractivity contribution in [3.05, 3.63) is 47.0 Å². The molecule has 0 amide bonds. The van der Waals surface area contributed by atoms with E-state index in [1.165, 1.54) is 0 Å². The molecule has 1 aliphatic heterocycles. The van der Waals surface area contributed by atoms with Crippen molar-refractivity contribution in [1.82, 2.24) is 19.9 Å². The highest BCUT2D eigenvalue weighted by atomic mass is 35.5. The smallest absolute Gasteiger partial charge is 0.350 e. The molecule has 0 saturated carbocycles. The van der Waals surface area contributed by atoms with Gasteiger partial charge < -0.3 is 5.32 Å². The number of pyridine rings is 1. The van der Waals surface area contributed by atoms with E-state index in [1.54, 1.807) is 12.3 Å². The van der Waals surface area contributed by atoms with E-state index < -0.39 is 11.9 Å². The Bertz CT molecular complexity index is 692. The number of alkyl halides is 3. The molecule has 1 aliphatic rings. The van der Waals surface area contributed by atoms with Crippen LogP contribution in [0, 0.1) is 0 Å². The van der Waals surface area contributed by atoms with Crippen LogP contribution in [-0.4, -0.2) is 39.0 Å². The van der Waals surface area contributed by atoms with Gasteiger partial charge in [0.1, 0.15) is 10.8 Å². The average molecular weight is 358 g/mol. The second-order valence-corrected chi connectivity index (χ2v) is 6.00. The first-order valence-corrected chi connectivity index (χ1v) is 7.77. The highest BCUT2D eigenvalue weighted by Crippen LogP contribution is 2.27. The van der Waals surface area contributed by atoms with Gasteiger partial charge in [-0.3, -0.25) is 4.90 Å². The molecule has 0 aromatic carbocycles. The molecular formula is C15H15ClF3N5. The topological polar surface area (TPSA) is 53.9 Å². The van der Waals surface area contributed by atoms with Gasteiger partial charge in [0, 0.05) is 38.1 Å². The van der Waals surface area contributed by atoms with E-state index in [2.05, 4.69) is 25.2 Å². The number of likely N-dealkylation sites (tertiary alicyclic amines) is 1. The molecule has 0 bridgehead atoms. The Hall–Kier alpha value is -1.93. The third-order valence-corrected chi connectivity index (χ3v) is 3.97. The van der Waals surface area contributed by atoms with Gasteiger partial charge in [0.05, 0.1) is 0 Å². The summed E-state index contributed by atoms with van der Waals surface area (Å²) in [7, 11) is 0. The van der Waals surface area contributed by atoms with Gasteiger partial charge in [-0.2, -0.15) is 13.2 Å². The van der Waals surface area contributed by atoms with Gasteiger partial charge in [-0.15, -0.1) is 0 Å². The molecule has 1 N–H and O–H groups in total. The van der Waals surface area contributed by atoms with Crippen molar-refractivity contribution in [1.29, 1.82) is 0 Å². The molecule has 5 nitrogen and oxygen atoms in total. The zero-order valence-electron chi connectivity index (χ0n) is 12.6. The summed E-state index contributed by atoms with van der Waals surface area (Å²) in [4.78, 5) is 13.6. The quantitative estimate of drug-likeness (QED) is 0.851. The zero-order valence-corrected chi connectivity index (χ0v) is 13.3. The molecule has 0 radical (unpaired) electrons. The molecular weight excluding hydrogens is 343 g/mol. The second-order valence-electron chi connectivity index (χ2n) is 5.62. The molecule has 128 valence electrons. The van der Waals surface area contributed by atoms with Crippen molar-refractivity contribution >= 4 is 17.5 Å². The zero-order chi connectivity index (χ0) is 17.2. The Balaban J connectivity index is 1.57. The average Bonchev–Trinajstić information content (AvgIpc) is 2.96. The SMILES string of the molecule is FC(F)(F)c1ccnc(NC2CCN(Cc3ccc(Cl)nc3)C2)n1. The molecule has 1 saturated heterocycles. The second kappa shape index (κ2) is 6.90. The van der Waals surface area contributed by atoms with Crippen molar-refractivity contribution in [2.75, 3.05) is 18.4 Å². The van der Waals surface area contributed by atoms with Crippen LogP contribution in [0.15, 0.2) is 30.6 Å². The van der Waals surface area contributed by atoms with Crippen LogP contribution in [0.2, 0.25) is 5.15 Å². The summed E-state index contributed by atoms with van der Waals surface area (Å²) in [5.74, 6) is 0.00448. The minimum atomic E-state index is -4.47. The van der Waals surface area contributed by atoms with Crippen LogP contribution in [-0.2, 0) is 12.7 Å². The molecule has 24 heavy (non-hydrogen) atoms. The normalized spacial score (nSPS) is 18.8. The Morgan fingerprint density at radius 3 is 2.79 bits per heavy atom. The molecule has 1 atom stereocenters. The first-order chi connectivity index (χ1) is 11.4. The van der Waals surface area contributed by atoms with Crippen LogP contribution in [0.5, 0.6) is 0 Å². The summed E-state index contributed by atoms with van der Waals surface area (Å²) in [6, 6.07) is 4.51. The van der Waals surface area contributed by atoms with Crippen LogP contribution >= 0.6 is 11.6 Å². The molecule has 1 unspecified atom stereocenters. The molecule has 2 aromatic rings. The van der Waals surface area contributed by atoms with Crippen molar-refractivity contribution < 1.29 is 13.2 Å². The van der Waals surface area contributed by atoms with Crippen LogP contribution in [0.1, 0.15) is 17.7 Å². The third kappa shape index (κ3) is 4.33. The standard InChI is InChI=1S/C15H15ClF3N5/c16-13-2-1-10(7-21-13)8-24-6-4-11(9-24)22-14-20-5-3-12(23-14)15(17,18)19/h1-3,5,7,11H,4,6,8-9H2,(H,20,22,23). The summed E-state index contributed by atoms with van der Waals surface area (Å²) in [6.07, 6.45) is -0.827. The van der Waals surface area contributed by atoms with Gasteiger partial charge >= 0.3 is 6.18 Å². The Morgan fingerprint density at radius 2 is 2.08 bits per heavy atom. The van der Waals surface area contributed by atoms with Crippen molar-refractivity contribution in [2.45, 2.75) is 25.2 Å². The Labute approximate surface area is 141 Å². The molecule has 3 rings (SSSR count). The van der Waals surface area contributed by atoms with E-state index in [1.807, 2.05) is 6.07 Å². The maximum Gasteiger partial charge on any atom is 0.433 e. The van der Waals surface area contributed by atoms with Crippen molar-refractivity contribution in [3.8, 4) is 0 Å². The molecule has 3 heterocycles. The van der Waals surface area contributed by atoms with E-state index in [0.29, 0.717) is 18.2 Å². The fourth-order valence-corrected chi connectivity index (χ4v) is 2.73. The lowest BCUT2D eigenvalue weighted by atomic mass is 10.2. The maximum absolute atomic E-state index is 12.7. The van der Waals surface area contributed by atoms with Crippen LogP contribution in [0.3, 0.4) is 0 Å². The summed E-state index contributed by atoms with van der Waals surface area (Å²) in [6.45, 7) is 2.24. The lowest BCUT2D eigenvalue weighted by Crippen LogP contribution is -2.27. The van der Waals surface area contributed by atoms with E-state index in [4.69, 9.17) is 11.6 Å². The molecule has 0 spiro atoms. The fourth-order valence-electron chi connectivity index (χ4n) is 2.62. The highest BCUT2D eigenvalue weighted by molar-refractivity contribution is 6.29. The molecule has 0 aliphatic carbocycles. The Morgan fingerprint density at radius 1 is 1.25 bits per heavy atom. The van der Waals surface area contributed by atoms with E-state index in [9.17, 15) is 13.2 Å². The predicted molar refractivity (Wildman–Crippen MR) is 83.6 cm³/mol. The van der Waals surface area contributed by atoms with Crippen LogP contribution in [0.4, 0.5) is 19.1 Å². The molecule has 9 heteroatoms. The first kappa shape index (κ1) is 16.9. The van der Waals surface area contributed by atoms with Gasteiger partial charge in [0.2, 0.25) is 5.95 Å². The van der Waals surface area contributed by atoms with Crippen molar-refractivity contribution in [3.63, 3.8) is 0 Å². The van der Waals surface area contributed by atoms with Crippen LogP contribution < -0.4 is 5.32 Å². The maximum atomic E-state index is 12.7. The number of nitrogens with one attached hydrogen (secondary N) is 1. The summed E-state index contributed by atoms with van der Waals surface area (Å²) < 4.78 is 38.0. The summed E-state index contributed by atoms with van der Waals surface area (Å²) in [5.41, 5.74) is 0.0949. The number of anilines is 1. The minimum absolute atomic E-state index is 0.00448. The predicted octanol–water partition coefficient (Wildman–Crippen LogP) is 3.23. The summed E-state index contributed by atoms with van der Waals surface area (Å²) >= 11 is 5.76. The lowest BCUT2D eigenvalue weighted by molar-refractivity contribution is -0.141. The first-order valence-electron chi connectivity index (χ1n) is 7.40. The van der Waals surface area contributed by atoms with E-state index >= 15 is 0 Å². The largest absolute Gasteiger partial charge is 0.433 e. The number of rotatable bonds is 4. The fraction of sp³-hybridized carbons (Fsp3) is 0.400. The Kier molecular flexibility index (Phi) is 4.86. The number of hydrogen-bond acceptors (Lipinski definition) is 5. The van der Waals surface area contributed by atoms with Gasteiger partial charge in [0.25, 0.3) is 0 Å². The van der Waals surface area contributed by atoms with Gasteiger partial charge in [0.15, 0.2) is 0 Å². The van der Waals surface area contributed by atoms with Crippen LogP contribution in [0.25, 0.3) is 0 Å². The number of halogens is 4.